The molecule has 0 spiro atoms. The average Bonchev–Trinajstić information content (AvgIpc) is 2.78. The van der Waals surface area contributed by atoms with Crippen molar-refractivity contribution in [2.45, 2.75) is 13.8 Å². The molecule has 0 aliphatic carbocycles. The molecule has 0 atom stereocenters. The van der Waals surface area contributed by atoms with E-state index >= 15 is 0 Å². The molecule has 0 N–H and O–H groups in total. The van der Waals surface area contributed by atoms with Crippen molar-refractivity contribution in [3.63, 3.8) is 0 Å². The van der Waals surface area contributed by atoms with Crippen LogP contribution in [-0.2, 0) is 19.1 Å². The van der Waals surface area contributed by atoms with Gasteiger partial charge in [-0.1, -0.05) is 12.1 Å². The molecule has 0 unspecified atom stereocenters. The normalized spacial score (nSPS) is 16.2. The number of nitrogens with zero attached hydrogens (tertiary/aromatic N) is 1. The van der Waals surface area contributed by atoms with Crippen LogP contribution >= 0.6 is 0 Å². The number of halogens is 1. The van der Waals surface area contributed by atoms with Gasteiger partial charge in [-0.25, -0.2) is 9.18 Å². The molecule has 1 aliphatic rings. The second-order valence-corrected chi connectivity index (χ2v) is 5.24. The largest absolute Gasteiger partial charge is 0.462 e. The van der Waals surface area contributed by atoms with Crippen LogP contribution in [0.4, 0.5) is 4.39 Å². The van der Waals surface area contributed by atoms with Crippen LogP contribution in [0.5, 0.6) is 0 Å². The number of esters is 1. The minimum atomic E-state index is -0.545. The van der Waals surface area contributed by atoms with E-state index in [0.717, 1.165) is 0 Å². The first-order chi connectivity index (χ1) is 11.5. The third-order valence-electron chi connectivity index (χ3n) is 3.69. The Labute approximate surface area is 140 Å². The predicted octanol–water partition coefficient (Wildman–Crippen LogP) is 2.53. The maximum atomic E-state index is 13.1. The summed E-state index contributed by atoms with van der Waals surface area (Å²) >= 11 is 0. The van der Waals surface area contributed by atoms with Crippen molar-refractivity contribution in [3.05, 3.63) is 52.5 Å². The smallest absolute Gasteiger partial charge is 0.340 e. The number of amides is 1. The number of ether oxygens (including phenoxy) is 2. The summed E-state index contributed by atoms with van der Waals surface area (Å²) in [6.07, 6.45) is 1.57. The van der Waals surface area contributed by atoms with Crippen molar-refractivity contribution in [3.8, 4) is 0 Å². The lowest BCUT2D eigenvalue weighted by atomic mass is 10.0. The molecule has 0 saturated carbocycles. The van der Waals surface area contributed by atoms with Gasteiger partial charge >= 0.3 is 5.97 Å². The number of benzene rings is 1. The van der Waals surface area contributed by atoms with Crippen LogP contribution in [0, 0.1) is 5.82 Å². The minimum absolute atomic E-state index is 0.214. The van der Waals surface area contributed by atoms with Gasteiger partial charge in [0.05, 0.1) is 24.4 Å². The average molecular weight is 333 g/mol. The fourth-order valence-electron chi connectivity index (χ4n) is 2.51. The van der Waals surface area contributed by atoms with Gasteiger partial charge in [-0.15, -0.1) is 0 Å². The summed E-state index contributed by atoms with van der Waals surface area (Å²) in [5, 5.41) is 0. The first-order valence-corrected chi connectivity index (χ1v) is 7.66. The molecule has 0 radical (unpaired) electrons. The highest BCUT2D eigenvalue weighted by atomic mass is 19.1. The second kappa shape index (κ2) is 7.88. The van der Waals surface area contributed by atoms with Gasteiger partial charge in [0.25, 0.3) is 5.91 Å². The van der Waals surface area contributed by atoms with Crippen LogP contribution in [0.1, 0.15) is 19.4 Å². The monoisotopic (exact) mass is 333 g/mol. The van der Waals surface area contributed by atoms with Crippen molar-refractivity contribution >= 4 is 18.0 Å². The number of methoxy groups -OCH3 is 1. The standard InChI is InChI=1S/C18H20FNO4/c1-4-24-18(22)16-12(2)20(9-10-23-3)17(21)15(16)11-13-5-7-14(19)8-6-13/h5-8,11H,4,9-10H2,1-3H3/b15-11-. The highest BCUT2D eigenvalue weighted by Crippen LogP contribution is 2.31. The highest BCUT2D eigenvalue weighted by molar-refractivity contribution is 6.16. The highest BCUT2D eigenvalue weighted by Gasteiger charge is 2.36. The molecule has 1 heterocycles. The minimum Gasteiger partial charge on any atom is -0.462 e. The van der Waals surface area contributed by atoms with E-state index in [2.05, 4.69) is 0 Å². The molecular formula is C18H20FNO4. The van der Waals surface area contributed by atoms with Crippen molar-refractivity contribution in [1.82, 2.24) is 4.90 Å². The summed E-state index contributed by atoms with van der Waals surface area (Å²) in [5.41, 5.74) is 1.64. The number of carbonyl (C=O) groups excluding carboxylic acids is 2. The Morgan fingerprint density at radius 1 is 1.29 bits per heavy atom. The summed E-state index contributed by atoms with van der Waals surface area (Å²) in [7, 11) is 1.54. The summed E-state index contributed by atoms with van der Waals surface area (Å²) in [6, 6.07) is 5.70. The molecule has 128 valence electrons. The Kier molecular flexibility index (Phi) is 5.87. The maximum Gasteiger partial charge on any atom is 0.340 e. The number of carbonyl (C=O) groups is 2. The van der Waals surface area contributed by atoms with Crippen LogP contribution in [-0.4, -0.2) is 43.6 Å². The van der Waals surface area contributed by atoms with Gasteiger partial charge in [0.15, 0.2) is 0 Å². The zero-order valence-electron chi connectivity index (χ0n) is 14.0. The zero-order valence-corrected chi connectivity index (χ0v) is 14.0. The predicted molar refractivity (Wildman–Crippen MR) is 87.3 cm³/mol. The lowest BCUT2D eigenvalue weighted by molar-refractivity contribution is -0.138. The molecule has 2 rings (SSSR count). The van der Waals surface area contributed by atoms with Crippen molar-refractivity contribution in [1.29, 1.82) is 0 Å². The van der Waals surface area contributed by atoms with Crippen LogP contribution in [0.3, 0.4) is 0 Å². The Balaban J connectivity index is 2.44. The van der Waals surface area contributed by atoms with E-state index in [-0.39, 0.29) is 29.5 Å². The Morgan fingerprint density at radius 2 is 1.96 bits per heavy atom. The number of hydrogen-bond donors (Lipinski definition) is 0. The first-order valence-electron chi connectivity index (χ1n) is 7.66. The molecule has 5 nitrogen and oxygen atoms in total. The van der Waals surface area contributed by atoms with Crippen molar-refractivity contribution < 1.29 is 23.5 Å². The topological polar surface area (TPSA) is 55.8 Å². The summed E-state index contributed by atoms with van der Waals surface area (Å²) in [4.78, 5) is 26.5. The molecule has 0 bridgehead atoms. The maximum absolute atomic E-state index is 13.1. The van der Waals surface area contributed by atoms with Gasteiger partial charge in [-0.05, 0) is 37.6 Å². The summed E-state index contributed by atoms with van der Waals surface area (Å²) in [5.74, 6) is -1.21. The van der Waals surface area contributed by atoms with Crippen LogP contribution < -0.4 is 0 Å². The third kappa shape index (κ3) is 3.71. The SMILES string of the molecule is CCOC(=O)C1=C(C)N(CCOC)C(=O)/C1=C\c1ccc(F)cc1. The molecule has 1 aromatic carbocycles. The summed E-state index contributed by atoms with van der Waals surface area (Å²) < 4.78 is 23.1. The fourth-order valence-corrected chi connectivity index (χ4v) is 2.51. The Morgan fingerprint density at radius 3 is 2.54 bits per heavy atom. The summed E-state index contributed by atoms with van der Waals surface area (Å²) in [6.45, 7) is 4.31. The van der Waals surface area contributed by atoms with Gasteiger partial charge in [-0.3, -0.25) is 4.79 Å². The molecule has 0 saturated heterocycles. The first kappa shape index (κ1) is 17.9. The molecular weight excluding hydrogens is 313 g/mol. The number of rotatable bonds is 6. The molecule has 0 aromatic heterocycles. The van der Waals surface area contributed by atoms with Crippen LogP contribution in [0.15, 0.2) is 41.1 Å². The quantitative estimate of drug-likeness (QED) is 0.593. The van der Waals surface area contributed by atoms with E-state index in [9.17, 15) is 14.0 Å². The van der Waals surface area contributed by atoms with Gasteiger partial charge in [-0.2, -0.15) is 0 Å². The Bertz CT molecular complexity index is 691. The molecule has 24 heavy (non-hydrogen) atoms. The van der Waals surface area contributed by atoms with E-state index in [1.807, 2.05) is 0 Å². The second-order valence-electron chi connectivity index (χ2n) is 5.24. The van der Waals surface area contributed by atoms with Crippen molar-refractivity contribution in [2.75, 3.05) is 26.9 Å². The van der Waals surface area contributed by atoms with E-state index in [0.29, 0.717) is 24.4 Å². The third-order valence-corrected chi connectivity index (χ3v) is 3.69. The van der Waals surface area contributed by atoms with Gasteiger partial charge < -0.3 is 14.4 Å². The molecule has 1 aliphatic heterocycles. The van der Waals surface area contributed by atoms with Crippen LogP contribution in [0.2, 0.25) is 0 Å². The Hall–Kier alpha value is -2.47. The fraction of sp³-hybridized carbons (Fsp3) is 0.333. The van der Waals surface area contributed by atoms with Gasteiger partial charge in [0.2, 0.25) is 0 Å². The van der Waals surface area contributed by atoms with Gasteiger partial charge in [0, 0.05) is 19.4 Å². The number of allylic oxidation sites excluding steroid dienone is 1. The molecule has 0 fully saturated rings. The number of hydrogen-bond acceptors (Lipinski definition) is 4. The van der Waals surface area contributed by atoms with Crippen LogP contribution in [0.25, 0.3) is 6.08 Å². The van der Waals surface area contributed by atoms with E-state index in [4.69, 9.17) is 9.47 Å². The van der Waals surface area contributed by atoms with Crippen molar-refractivity contribution in [2.24, 2.45) is 0 Å². The van der Waals surface area contributed by atoms with E-state index in [1.54, 1.807) is 39.2 Å². The zero-order chi connectivity index (χ0) is 17.7. The van der Waals surface area contributed by atoms with E-state index in [1.165, 1.54) is 17.0 Å². The lowest BCUT2D eigenvalue weighted by Gasteiger charge is -2.16. The molecule has 1 aromatic rings. The molecule has 6 heteroatoms. The van der Waals surface area contributed by atoms with Gasteiger partial charge in [0.1, 0.15) is 5.82 Å². The molecule has 1 amide bonds. The lowest BCUT2D eigenvalue weighted by Crippen LogP contribution is -2.28. The van der Waals surface area contributed by atoms with E-state index < -0.39 is 5.97 Å².